The summed E-state index contributed by atoms with van der Waals surface area (Å²) in [4.78, 5) is 10.0. The summed E-state index contributed by atoms with van der Waals surface area (Å²) in [5.41, 5.74) is 4.06. The molecular formula is C29H37F3O4. The van der Waals surface area contributed by atoms with Gasteiger partial charge in [-0.3, -0.25) is 0 Å². The van der Waals surface area contributed by atoms with Gasteiger partial charge in [0.05, 0.1) is 20.3 Å². The summed E-state index contributed by atoms with van der Waals surface area (Å²) in [6.45, 7) is 4.08. The molecular weight excluding hydrogens is 469 g/mol. The molecule has 7 heteroatoms. The molecule has 0 aromatic heterocycles. The molecule has 1 aliphatic carbocycles. The van der Waals surface area contributed by atoms with Crippen LogP contribution in [0.25, 0.3) is 11.1 Å². The predicted octanol–water partition coefficient (Wildman–Crippen LogP) is 8.01. The minimum absolute atomic E-state index is 0.0687. The molecule has 0 unspecified atom stereocenters. The van der Waals surface area contributed by atoms with Crippen molar-refractivity contribution in [2.45, 2.75) is 69.9 Å². The van der Waals surface area contributed by atoms with E-state index in [9.17, 15) is 13.2 Å². The topological polar surface area (TPSA) is 47.9 Å². The van der Waals surface area contributed by atoms with Crippen molar-refractivity contribution in [2.75, 3.05) is 20.3 Å². The van der Waals surface area contributed by atoms with Crippen LogP contribution < -0.4 is 9.62 Å². The van der Waals surface area contributed by atoms with Gasteiger partial charge in [0.15, 0.2) is 5.75 Å². The van der Waals surface area contributed by atoms with Crippen LogP contribution in [0.4, 0.5) is 13.2 Å². The second kappa shape index (κ2) is 13.7. The number of halogens is 3. The van der Waals surface area contributed by atoms with Crippen molar-refractivity contribution in [3.05, 3.63) is 60.2 Å². The van der Waals surface area contributed by atoms with Crippen LogP contribution in [0.3, 0.4) is 0 Å². The van der Waals surface area contributed by atoms with Crippen LogP contribution in [-0.4, -0.2) is 31.6 Å². The molecule has 0 atom stereocenters. The van der Waals surface area contributed by atoms with Crippen molar-refractivity contribution >= 4 is 0 Å². The summed E-state index contributed by atoms with van der Waals surface area (Å²) in [5.74, 6) is 2.08. The third-order valence-corrected chi connectivity index (χ3v) is 6.94. The molecule has 198 valence electrons. The average Bonchev–Trinajstić information content (AvgIpc) is 2.87. The second-order valence-electron chi connectivity index (χ2n) is 9.62. The standard InChI is InChI=1S/C29H37F3O4/c1-21(20-33)16-18-35-28-19-26(14-15-27(28)36-34-2)25-12-10-24(11-13-25)23-8-6-22(7-9-23)5-3-4-17-29(30,31)32/h10-15,19,22-23,33H,1,3-9,16-18,20H2,2H3. The number of hydrogen-bond donors (Lipinski definition) is 1. The van der Waals surface area contributed by atoms with Crippen LogP contribution in [-0.2, 0) is 4.89 Å². The van der Waals surface area contributed by atoms with Crippen LogP contribution in [0.15, 0.2) is 54.6 Å². The van der Waals surface area contributed by atoms with Gasteiger partial charge in [-0.15, -0.1) is 0 Å². The summed E-state index contributed by atoms with van der Waals surface area (Å²) >= 11 is 0. The van der Waals surface area contributed by atoms with E-state index in [0.29, 0.717) is 48.4 Å². The maximum absolute atomic E-state index is 12.3. The molecule has 2 aromatic carbocycles. The van der Waals surface area contributed by atoms with Gasteiger partial charge in [0, 0.05) is 12.8 Å². The monoisotopic (exact) mass is 506 g/mol. The molecule has 1 saturated carbocycles. The lowest BCUT2D eigenvalue weighted by Gasteiger charge is -2.29. The molecule has 1 aliphatic rings. The summed E-state index contributed by atoms with van der Waals surface area (Å²) in [7, 11) is 1.44. The number of aliphatic hydroxyl groups is 1. The fourth-order valence-corrected chi connectivity index (χ4v) is 4.83. The van der Waals surface area contributed by atoms with Gasteiger partial charge in [-0.1, -0.05) is 49.8 Å². The quantitative estimate of drug-likeness (QED) is 0.129. The van der Waals surface area contributed by atoms with E-state index in [1.54, 1.807) is 6.07 Å². The maximum atomic E-state index is 12.3. The molecule has 0 spiro atoms. The number of alkyl halides is 3. The Morgan fingerprint density at radius 2 is 1.67 bits per heavy atom. The highest BCUT2D eigenvalue weighted by molar-refractivity contribution is 5.67. The van der Waals surface area contributed by atoms with E-state index in [4.69, 9.17) is 19.6 Å². The van der Waals surface area contributed by atoms with Gasteiger partial charge in [0.2, 0.25) is 5.75 Å². The second-order valence-corrected chi connectivity index (χ2v) is 9.62. The Morgan fingerprint density at radius 1 is 0.972 bits per heavy atom. The first-order valence-electron chi connectivity index (χ1n) is 12.7. The molecule has 1 N–H and O–H groups in total. The molecule has 3 rings (SSSR count). The molecule has 0 heterocycles. The van der Waals surface area contributed by atoms with Crippen LogP contribution in [0.1, 0.15) is 69.3 Å². The van der Waals surface area contributed by atoms with Gasteiger partial charge in [-0.2, -0.15) is 18.1 Å². The third kappa shape index (κ3) is 8.86. The van der Waals surface area contributed by atoms with E-state index >= 15 is 0 Å². The first-order chi connectivity index (χ1) is 17.3. The van der Waals surface area contributed by atoms with Crippen LogP contribution >= 0.6 is 0 Å². The molecule has 0 amide bonds. The minimum atomic E-state index is -4.03. The highest BCUT2D eigenvalue weighted by atomic mass is 19.4. The zero-order valence-electron chi connectivity index (χ0n) is 21.0. The smallest absolute Gasteiger partial charge is 0.389 e. The van der Waals surface area contributed by atoms with E-state index in [1.807, 2.05) is 12.1 Å². The van der Waals surface area contributed by atoms with Gasteiger partial charge in [0.25, 0.3) is 0 Å². The maximum Gasteiger partial charge on any atom is 0.389 e. The van der Waals surface area contributed by atoms with Crippen LogP contribution in [0.5, 0.6) is 11.5 Å². The molecule has 0 bridgehead atoms. The van der Waals surface area contributed by atoms with Crippen LogP contribution in [0, 0.1) is 5.92 Å². The zero-order valence-corrected chi connectivity index (χ0v) is 21.0. The van der Waals surface area contributed by atoms with Gasteiger partial charge >= 0.3 is 6.18 Å². The molecule has 0 aliphatic heterocycles. The summed E-state index contributed by atoms with van der Waals surface area (Å²) in [6, 6.07) is 14.2. The van der Waals surface area contributed by atoms with Gasteiger partial charge in [-0.05, 0) is 78.3 Å². The molecule has 2 aromatic rings. The van der Waals surface area contributed by atoms with Crippen molar-refractivity contribution in [3.63, 3.8) is 0 Å². The SMILES string of the molecule is C=C(CO)CCOc1cc(-c2ccc(C3CCC(CCCCC(F)(F)F)CC3)cc2)ccc1OOC. The lowest BCUT2D eigenvalue weighted by atomic mass is 9.77. The molecule has 36 heavy (non-hydrogen) atoms. The largest absolute Gasteiger partial charge is 0.489 e. The highest BCUT2D eigenvalue weighted by Gasteiger charge is 2.27. The van der Waals surface area contributed by atoms with E-state index < -0.39 is 12.6 Å². The van der Waals surface area contributed by atoms with E-state index in [2.05, 4.69) is 30.8 Å². The van der Waals surface area contributed by atoms with Crippen molar-refractivity contribution < 1.29 is 32.8 Å². The Morgan fingerprint density at radius 3 is 2.31 bits per heavy atom. The predicted molar refractivity (Wildman–Crippen MR) is 135 cm³/mol. The fourth-order valence-electron chi connectivity index (χ4n) is 4.83. The van der Waals surface area contributed by atoms with Crippen molar-refractivity contribution in [1.82, 2.24) is 0 Å². The number of aliphatic hydroxyl groups excluding tert-OH is 1. The lowest BCUT2D eigenvalue weighted by Crippen LogP contribution is -2.14. The van der Waals surface area contributed by atoms with Gasteiger partial charge < -0.3 is 14.7 Å². The lowest BCUT2D eigenvalue weighted by molar-refractivity contribution is -0.179. The number of ether oxygens (including phenoxy) is 1. The first kappa shape index (κ1) is 28.1. The Bertz CT molecular complexity index is 948. The number of unbranched alkanes of at least 4 members (excludes halogenated alkanes) is 1. The van der Waals surface area contributed by atoms with Gasteiger partial charge in [0.1, 0.15) is 0 Å². The average molecular weight is 507 g/mol. The normalized spacial score (nSPS) is 18.1. The number of benzene rings is 2. The Balaban J connectivity index is 1.55. The van der Waals surface area contributed by atoms with Crippen LogP contribution in [0.2, 0.25) is 0 Å². The number of rotatable bonds is 13. The molecule has 1 fully saturated rings. The fraction of sp³-hybridized carbons (Fsp3) is 0.517. The highest BCUT2D eigenvalue weighted by Crippen LogP contribution is 2.39. The summed E-state index contributed by atoms with van der Waals surface area (Å²) in [5, 5.41) is 9.13. The third-order valence-electron chi connectivity index (χ3n) is 6.94. The number of hydrogen-bond acceptors (Lipinski definition) is 4. The summed E-state index contributed by atoms with van der Waals surface area (Å²) in [6.07, 6.45) is 2.00. The van der Waals surface area contributed by atoms with E-state index in [-0.39, 0.29) is 13.0 Å². The minimum Gasteiger partial charge on any atom is -0.489 e. The zero-order chi connectivity index (χ0) is 26.0. The molecule has 4 nitrogen and oxygen atoms in total. The van der Waals surface area contributed by atoms with E-state index in [1.165, 1.54) is 12.7 Å². The van der Waals surface area contributed by atoms with Gasteiger partial charge in [-0.25, -0.2) is 0 Å². The first-order valence-corrected chi connectivity index (χ1v) is 12.7. The Hall–Kier alpha value is -2.51. The Labute approximate surface area is 212 Å². The Kier molecular flexibility index (Phi) is 10.7. The van der Waals surface area contributed by atoms with E-state index in [0.717, 1.165) is 43.2 Å². The molecule has 0 saturated heterocycles. The van der Waals surface area contributed by atoms with Crippen molar-refractivity contribution in [1.29, 1.82) is 0 Å². The molecule has 0 radical (unpaired) electrons. The summed E-state index contributed by atoms with van der Waals surface area (Å²) < 4.78 is 42.9. The van der Waals surface area contributed by atoms with Crippen molar-refractivity contribution in [2.24, 2.45) is 5.92 Å². The van der Waals surface area contributed by atoms with Crippen molar-refractivity contribution in [3.8, 4) is 22.6 Å².